The first-order chi connectivity index (χ1) is 14.2. The zero-order chi connectivity index (χ0) is 19.8. The maximum atomic E-state index is 13.2. The molecular formula is C23H21N3O3. The average molecular weight is 387 g/mol. The number of nitrogens with zero attached hydrogens (tertiary/aromatic N) is 2. The summed E-state index contributed by atoms with van der Waals surface area (Å²) in [5.41, 5.74) is 4.33. The molecule has 29 heavy (non-hydrogen) atoms. The topological polar surface area (TPSA) is 63.7 Å². The minimum Gasteiger partial charge on any atom is -0.486 e. The molecule has 2 aromatic carbocycles. The van der Waals surface area contributed by atoms with Gasteiger partial charge in [-0.05, 0) is 43.2 Å². The third-order valence-electron chi connectivity index (χ3n) is 5.24. The van der Waals surface area contributed by atoms with Crippen LogP contribution >= 0.6 is 0 Å². The number of ether oxygens (including phenoxy) is 2. The third kappa shape index (κ3) is 3.27. The van der Waals surface area contributed by atoms with Crippen LogP contribution in [0.4, 0.5) is 17.1 Å². The fourth-order valence-electron chi connectivity index (χ4n) is 3.93. The molecule has 0 saturated heterocycles. The number of rotatable bonds is 3. The van der Waals surface area contributed by atoms with Crippen molar-refractivity contribution in [1.29, 1.82) is 0 Å². The zero-order valence-corrected chi connectivity index (χ0v) is 16.1. The van der Waals surface area contributed by atoms with E-state index >= 15 is 0 Å². The van der Waals surface area contributed by atoms with Crippen LogP contribution in [-0.2, 0) is 6.42 Å². The van der Waals surface area contributed by atoms with Crippen molar-refractivity contribution < 1.29 is 14.3 Å². The monoisotopic (exact) mass is 387 g/mol. The fourth-order valence-corrected chi connectivity index (χ4v) is 3.93. The lowest BCUT2D eigenvalue weighted by Crippen LogP contribution is -2.35. The summed E-state index contributed by atoms with van der Waals surface area (Å²) in [4.78, 5) is 19.4. The third-order valence-corrected chi connectivity index (χ3v) is 5.24. The summed E-state index contributed by atoms with van der Waals surface area (Å²) in [5.74, 6) is 1.41. The first kappa shape index (κ1) is 17.6. The van der Waals surface area contributed by atoms with E-state index in [1.807, 2.05) is 47.4 Å². The number of fused-ring (bicyclic) bond motifs is 2. The summed E-state index contributed by atoms with van der Waals surface area (Å²) < 4.78 is 11.2. The van der Waals surface area contributed by atoms with Crippen molar-refractivity contribution in [2.45, 2.75) is 19.4 Å². The van der Waals surface area contributed by atoms with Crippen LogP contribution in [0, 0.1) is 0 Å². The molecule has 0 radical (unpaired) electrons. The minimum absolute atomic E-state index is 0.0409. The van der Waals surface area contributed by atoms with E-state index in [4.69, 9.17) is 9.47 Å². The number of carbonyl (C=O) groups is 1. The molecule has 0 fully saturated rings. The Hall–Kier alpha value is -3.54. The number of nitrogens with one attached hydrogen (secondary N) is 1. The molecule has 2 aliphatic heterocycles. The molecule has 5 rings (SSSR count). The number of pyridine rings is 1. The summed E-state index contributed by atoms with van der Waals surface area (Å²) in [5, 5.41) is 3.30. The van der Waals surface area contributed by atoms with Crippen LogP contribution in [0.15, 0.2) is 60.9 Å². The number of aromatic nitrogens is 1. The van der Waals surface area contributed by atoms with Crippen molar-refractivity contribution >= 4 is 23.0 Å². The van der Waals surface area contributed by atoms with Gasteiger partial charge in [0.25, 0.3) is 5.91 Å². The van der Waals surface area contributed by atoms with E-state index in [2.05, 4.69) is 23.3 Å². The van der Waals surface area contributed by atoms with Crippen LogP contribution in [-0.4, -0.2) is 30.1 Å². The SMILES string of the molecule is CC1Cc2ccccc2N1C(=O)c1cncc(Nc2ccc3c(c2)OCCO3)c1. The smallest absolute Gasteiger partial charge is 0.260 e. The molecule has 1 atom stereocenters. The number of hydrogen-bond acceptors (Lipinski definition) is 5. The lowest BCUT2D eigenvalue weighted by molar-refractivity contribution is 0.0981. The number of anilines is 3. The summed E-state index contributed by atoms with van der Waals surface area (Å²) in [6, 6.07) is 15.7. The highest BCUT2D eigenvalue weighted by atomic mass is 16.6. The van der Waals surface area contributed by atoms with E-state index in [0.29, 0.717) is 24.5 Å². The van der Waals surface area contributed by atoms with Crippen LogP contribution in [0.2, 0.25) is 0 Å². The summed E-state index contributed by atoms with van der Waals surface area (Å²) >= 11 is 0. The van der Waals surface area contributed by atoms with Crippen molar-refractivity contribution in [2.24, 2.45) is 0 Å². The molecule has 3 heterocycles. The number of hydrogen-bond donors (Lipinski definition) is 1. The maximum absolute atomic E-state index is 13.2. The van der Waals surface area contributed by atoms with Crippen molar-refractivity contribution in [3.63, 3.8) is 0 Å². The van der Waals surface area contributed by atoms with Gasteiger partial charge in [0.2, 0.25) is 0 Å². The van der Waals surface area contributed by atoms with Crippen LogP contribution < -0.4 is 19.7 Å². The van der Waals surface area contributed by atoms with Gasteiger partial charge in [0.05, 0.1) is 17.4 Å². The predicted octanol–water partition coefficient (Wildman–Crippen LogP) is 4.19. The molecule has 0 bridgehead atoms. The number of benzene rings is 2. The Morgan fingerprint density at radius 1 is 1.03 bits per heavy atom. The predicted molar refractivity (Wildman–Crippen MR) is 111 cm³/mol. The normalized spacial score (nSPS) is 17.0. The molecule has 1 aromatic heterocycles. The Labute approximate surface area is 169 Å². The average Bonchev–Trinajstić information content (AvgIpc) is 3.09. The molecule has 2 aliphatic rings. The molecule has 0 aliphatic carbocycles. The quantitative estimate of drug-likeness (QED) is 0.730. The lowest BCUT2D eigenvalue weighted by Gasteiger charge is -2.23. The first-order valence-electron chi connectivity index (χ1n) is 9.72. The summed E-state index contributed by atoms with van der Waals surface area (Å²) in [6.07, 6.45) is 4.18. The van der Waals surface area contributed by atoms with Gasteiger partial charge in [-0.3, -0.25) is 9.78 Å². The first-order valence-corrected chi connectivity index (χ1v) is 9.72. The Kier molecular flexibility index (Phi) is 4.31. The van der Waals surface area contributed by atoms with E-state index in [-0.39, 0.29) is 11.9 Å². The molecule has 1 unspecified atom stereocenters. The molecule has 0 saturated carbocycles. The second-order valence-corrected chi connectivity index (χ2v) is 7.30. The van der Waals surface area contributed by atoms with Crippen LogP contribution in [0.5, 0.6) is 11.5 Å². The second kappa shape index (κ2) is 7.13. The zero-order valence-electron chi connectivity index (χ0n) is 16.1. The van der Waals surface area contributed by atoms with Crippen molar-refractivity contribution in [1.82, 2.24) is 4.98 Å². The molecule has 3 aromatic rings. The van der Waals surface area contributed by atoms with Gasteiger partial charge in [0.1, 0.15) is 13.2 Å². The number of amides is 1. The molecule has 6 nitrogen and oxygen atoms in total. The van der Waals surface area contributed by atoms with Gasteiger partial charge in [0.15, 0.2) is 11.5 Å². The van der Waals surface area contributed by atoms with E-state index < -0.39 is 0 Å². The van der Waals surface area contributed by atoms with Gasteiger partial charge in [-0.1, -0.05) is 18.2 Å². The van der Waals surface area contributed by atoms with Crippen molar-refractivity contribution in [3.8, 4) is 11.5 Å². The minimum atomic E-state index is -0.0409. The van der Waals surface area contributed by atoms with Gasteiger partial charge >= 0.3 is 0 Å². The molecule has 0 spiro atoms. The van der Waals surface area contributed by atoms with Gasteiger partial charge in [0, 0.05) is 29.7 Å². The highest BCUT2D eigenvalue weighted by Crippen LogP contribution is 2.35. The van der Waals surface area contributed by atoms with Crippen molar-refractivity contribution in [3.05, 3.63) is 72.1 Å². The van der Waals surface area contributed by atoms with Gasteiger partial charge in [-0.25, -0.2) is 0 Å². The van der Waals surface area contributed by atoms with Crippen LogP contribution in [0.3, 0.4) is 0 Å². The summed E-state index contributed by atoms with van der Waals surface area (Å²) in [7, 11) is 0. The van der Waals surface area contributed by atoms with E-state index in [0.717, 1.165) is 29.2 Å². The van der Waals surface area contributed by atoms with Gasteiger partial charge < -0.3 is 19.7 Å². The Balaban J connectivity index is 1.39. The van der Waals surface area contributed by atoms with E-state index in [1.54, 1.807) is 12.4 Å². The lowest BCUT2D eigenvalue weighted by atomic mass is 10.1. The molecule has 1 N–H and O–H groups in total. The molecule has 1 amide bonds. The van der Waals surface area contributed by atoms with Gasteiger partial charge in [-0.2, -0.15) is 0 Å². The van der Waals surface area contributed by atoms with Crippen LogP contribution in [0.25, 0.3) is 0 Å². The summed E-state index contributed by atoms with van der Waals surface area (Å²) in [6.45, 7) is 3.17. The Morgan fingerprint density at radius 3 is 2.76 bits per heavy atom. The molecule has 6 heteroatoms. The van der Waals surface area contributed by atoms with E-state index in [1.165, 1.54) is 5.56 Å². The number of para-hydroxylation sites is 1. The molecular weight excluding hydrogens is 366 g/mol. The highest BCUT2D eigenvalue weighted by molar-refractivity contribution is 6.08. The van der Waals surface area contributed by atoms with E-state index in [9.17, 15) is 4.79 Å². The maximum Gasteiger partial charge on any atom is 0.260 e. The van der Waals surface area contributed by atoms with Gasteiger partial charge in [-0.15, -0.1) is 0 Å². The fraction of sp³-hybridized carbons (Fsp3) is 0.217. The number of carbonyl (C=O) groups excluding carboxylic acids is 1. The standard InChI is InChI=1S/C23H21N3O3/c1-15-10-16-4-2-3-5-20(16)26(15)23(27)17-11-19(14-24-13-17)25-18-6-7-21-22(12-18)29-9-8-28-21/h2-7,11-15,25H,8-10H2,1H3. The Bertz CT molecular complexity index is 1080. The second-order valence-electron chi connectivity index (χ2n) is 7.30. The largest absolute Gasteiger partial charge is 0.486 e. The van der Waals surface area contributed by atoms with Crippen molar-refractivity contribution in [2.75, 3.05) is 23.4 Å². The highest BCUT2D eigenvalue weighted by Gasteiger charge is 2.31. The molecule has 146 valence electrons. The Morgan fingerprint density at radius 2 is 1.86 bits per heavy atom. The van der Waals surface area contributed by atoms with Crippen LogP contribution in [0.1, 0.15) is 22.8 Å².